The molecule has 0 aliphatic rings. The highest BCUT2D eigenvalue weighted by Crippen LogP contribution is 2.41. The first-order chi connectivity index (χ1) is 19.8. The molecule has 2 unspecified atom stereocenters. The maximum Gasteiger partial charge on any atom is 0.0158 e. The predicted octanol–water partition coefficient (Wildman–Crippen LogP) is 11.0. The van der Waals surface area contributed by atoms with Crippen molar-refractivity contribution in [1.82, 2.24) is 0 Å². The Hall–Kier alpha value is -4.68. The van der Waals surface area contributed by atoms with E-state index in [1.807, 2.05) is 0 Å². The van der Waals surface area contributed by atoms with Gasteiger partial charge in [-0.2, -0.15) is 0 Å². The summed E-state index contributed by atoms with van der Waals surface area (Å²) in [5.74, 6) is 0.720. The van der Waals surface area contributed by atoms with Crippen molar-refractivity contribution >= 4 is 0 Å². The molecule has 0 N–H and O–H groups in total. The topological polar surface area (TPSA) is 0 Å². The molecule has 6 aromatic carbocycles. The molecule has 0 radical (unpaired) electrons. The summed E-state index contributed by atoms with van der Waals surface area (Å²) in [6.07, 6.45) is 1.08. The van der Waals surface area contributed by atoms with E-state index in [4.69, 9.17) is 0 Å². The van der Waals surface area contributed by atoms with Gasteiger partial charge >= 0.3 is 0 Å². The van der Waals surface area contributed by atoms with Crippen LogP contribution in [0.5, 0.6) is 0 Å². The van der Waals surface area contributed by atoms with Crippen LogP contribution in [0.15, 0.2) is 164 Å². The molecule has 0 fully saturated rings. The molecule has 6 aromatic rings. The van der Waals surface area contributed by atoms with Crippen molar-refractivity contribution in [3.05, 3.63) is 180 Å². The summed E-state index contributed by atoms with van der Waals surface area (Å²) in [7, 11) is 0. The lowest BCUT2D eigenvalue weighted by Gasteiger charge is -2.28. The molecule has 0 bridgehead atoms. The summed E-state index contributed by atoms with van der Waals surface area (Å²) in [5.41, 5.74) is 11.6. The largest absolute Gasteiger partial charge is 0.0648 e. The summed E-state index contributed by atoms with van der Waals surface area (Å²) in [4.78, 5) is 0. The van der Waals surface area contributed by atoms with Gasteiger partial charge in [-0.25, -0.2) is 0 Å². The van der Waals surface area contributed by atoms with Gasteiger partial charge in [-0.3, -0.25) is 0 Å². The van der Waals surface area contributed by atoms with Gasteiger partial charge in [0.2, 0.25) is 0 Å². The summed E-state index contributed by atoms with van der Waals surface area (Å²) < 4.78 is 0. The molecule has 0 heteroatoms. The first-order valence-corrected chi connectivity index (χ1v) is 14.3. The summed E-state index contributed by atoms with van der Waals surface area (Å²) in [6.45, 7) is 2.31. The Kier molecular flexibility index (Phi) is 7.69. The summed E-state index contributed by atoms with van der Waals surface area (Å²) >= 11 is 0. The van der Waals surface area contributed by atoms with Gasteiger partial charge in [-0.05, 0) is 62.4 Å². The fourth-order valence-corrected chi connectivity index (χ4v) is 6.01. The molecule has 6 rings (SSSR count). The quantitative estimate of drug-likeness (QED) is 0.189. The first-order valence-electron chi connectivity index (χ1n) is 14.3. The number of hydrogen-bond acceptors (Lipinski definition) is 0. The van der Waals surface area contributed by atoms with Crippen LogP contribution in [0.3, 0.4) is 0 Å². The van der Waals surface area contributed by atoms with Crippen molar-refractivity contribution in [3.8, 4) is 33.4 Å². The fraction of sp³-hybridized carbons (Fsp3) is 0.100. The van der Waals surface area contributed by atoms with Crippen LogP contribution in [-0.2, 0) is 0 Å². The maximum atomic E-state index is 2.33. The van der Waals surface area contributed by atoms with Gasteiger partial charge in [-0.15, -0.1) is 0 Å². The molecule has 0 saturated carbocycles. The Morgan fingerprint density at radius 3 is 1.25 bits per heavy atom. The van der Waals surface area contributed by atoms with E-state index in [1.165, 1.54) is 50.1 Å². The highest BCUT2D eigenvalue weighted by molar-refractivity contribution is 5.84. The first kappa shape index (κ1) is 25.6. The summed E-state index contributed by atoms with van der Waals surface area (Å²) in [6, 6.07) is 59.5. The van der Waals surface area contributed by atoms with Crippen LogP contribution in [0.2, 0.25) is 0 Å². The molecule has 0 aliphatic heterocycles. The van der Waals surface area contributed by atoms with E-state index in [2.05, 4.69) is 171 Å². The van der Waals surface area contributed by atoms with Crippen molar-refractivity contribution in [1.29, 1.82) is 0 Å². The van der Waals surface area contributed by atoms with Crippen LogP contribution in [0, 0.1) is 0 Å². The van der Waals surface area contributed by atoms with E-state index in [-0.39, 0.29) is 0 Å². The van der Waals surface area contributed by atoms with E-state index in [1.54, 1.807) is 0 Å². The second kappa shape index (κ2) is 12.0. The van der Waals surface area contributed by atoms with Gasteiger partial charge in [0.15, 0.2) is 0 Å². The lowest BCUT2D eigenvalue weighted by Crippen LogP contribution is -2.12. The molecular formula is C40H34. The van der Waals surface area contributed by atoms with E-state index in [0.717, 1.165) is 6.42 Å². The van der Waals surface area contributed by atoms with Gasteiger partial charge < -0.3 is 0 Å². The minimum Gasteiger partial charge on any atom is -0.0648 e. The number of hydrogen-bond donors (Lipinski definition) is 0. The van der Waals surface area contributed by atoms with Gasteiger partial charge in [-0.1, -0.05) is 171 Å². The lowest BCUT2D eigenvalue weighted by atomic mass is 9.76. The zero-order valence-electron chi connectivity index (χ0n) is 23.0. The van der Waals surface area contributed by atoms with Crippen LogP contribution in [0.4, 0.5) is 0 Å². The smallest absolute Gasteiger partial charge is 0.0158 e. The summed E-state index contributed by atoms with van der Waals surface area (Å²) in [5, 5.41) is 0. The molecule has 2 atom stereocenters. The van der Waals surface area contributed by atoms with Crippen molar-refractivity contribution < 1.29 is 0 Å². The second-order valence-corrected chi connectivity index (χ2v) is 10.4. The van der Waals surface area contributed by atoms with Crippen LogP contribution >= 0.6 is 0 Å². The standard InChI is InChI=1S/C40H34/c1-2-37(32-14-6-3-7-15-32)40(35-18-10-5-11-19-35)36-28-24-31(25-29-36)30-22-26-34(27-23-30)39-21-13-12-20-38(39)33-16-8-4-9-17-33/h3-29,37,40H,2H2,1H3. The SMILES string of the molecule is CCC(c1ccccc1)C(c1ccccc1)c1ccc(-c2ccc(-c3ccccc3-c3ccccc3)cc2)cc1. The minimum atomic E-state index is 0.305. The minimum absolute atomic E-state index is 0.305. The van der Waals surface area contributed by atoms with E-state index >= 15 is 0 Å². The Bertz CT molecular complexity index is 1630. The van der Waals surface area contributed by atoms with Gasteiger partial charge in [0.1, 0.15) is 0 Å². The number of rotatable bonds is 8. The van der Waals surface area contributed by atoms with Crippen LogP contribution in [-0.4, -0.2) is 0 Å². The normalized spacial score (nSPS) is 12.5. The van der Waals surface area contributed by atoms with Gasteiger partial charge in [0.05, 0.1) is 0 Å². The Morgan fingerprint density at radius 1 is 0.350 bits per heavy atom. The zero-order valence-corrected chi connectivity index (χ0v) is 23.0. The molecule has 40 heavy (non-hydrogen) atoms. The highest BCUT2D eigenvalue weighted by Gasteiger charge is 2.25. The lowest BCUT2D eigenvalue weighted by molar-refractivity contribution is 0.586. The third kappa shape index (κ3) is 5.40. The average Bonchev–Trinajstić information content (AvgIpc) is 3.05. The van der Waals surface area contributed by atoms with E-state index in [9.17, 15) is 0 Å². The van der Waals surface area contributed by atoms with Gasteiger partial charge in [0.25, 0.3) is 0 Å². The molecule has 194 valence electrons. The molecule has 0 aromatic heterocycles. The second-order valence-electron chi connectivity index (χ2n) is 10.4. The average molecular weight is 515 g/mol. The van der Waals surface area contributed by atoms with Crippen molar-refractivity contribution in [3.63, 3.8) is 0 Å². The Balaban J connectivity index is 1.31. The van der Waals surface area contributed by atoms with Crippen molar-refractivity contribution in [2.45, 2.75) is 25.2 Å². The van der Waals surface area contributed by atoms with Crippen molar-refractivity contribution in [2.24, 2.45) is 0 Å². The predicted molar refractivity (Wildman–Crippen MR) is 171 cm³/mol. The fourth-order valence-electron chi connectivity index (χ4n) is 6.01. The monoisotopic (exact) mass is 514 g/mol. The van der Waals surface area contributed by atoms with Crippen LogP contribution < -0.4 is 0 Å². The Labute approximate surface area is 238 Å². The van der Waals surface area contributed by atoms with Crippen molar-refractivity contribution in [2.75, 3.05) is 0 Å². The molecule has 0 saturated heterocycles. The van der Waals surface area contributed by atoms with Gasteiger partial charge in [0, 0.05) is 5.92 Å². The molecule has 0 nitrogen and oxygen atoms in total. The molecule has 0 amide bonds. The zero-order chi connectivity index (χ0) is 27.1. The number of benzene rings is 6. The third-order valence-corrected chi connectivity index (χ3v) is 8.04. The van der Waals surface area contributed by atoms with Crippen LogP contribution in [0.1, 0.15) is 41.9 Å². The van der Waals surface area contributed by atoms with E-state index < -0.39 is 0 Å². The highest BCUT2D eigenvalue weighted by atomic mass is 14.3. The maximum absolute atomic E-state index is 2.33. The Morgan fingerprint density at radius 2 is 0.725 bits per heavy atom. The third-order valence-electron chi connectivity index (χ3n) is 8.04. The molecule has 0 aliphatic carbocycles. The molecule has 0 heterocycles. The van der Waals surface area contributed by atoms with E-state index in [0.29, 0.717) is 11.8 Å². The molecule has 0 spiro atoms. The van der Waals surface area contributed by atoms with Crippen LogP contribution in [0.25, 0.3) is 33.4 Å². The molecular weight excluding hydrogens is 480 g/mol.